The second-order valence-corrected chi connectivity index (χ2v) is 7.05. The molecule has 0 aliphatic heterocycles. The highest BCUT2D eigenvalue weighted by Gasteiger charge is 2.44. The van der Waals surface area contributed by atoms with E-state index in [0.717, 1.165) is 32.1 Å². The predicted molar refractivity (Wildman–Crippen MR) is 79.5 cm³/mol. The van der Waals surface area contributed by atoms with Crippen LogP contribution in [0.1, 0.15) is 54.3 Å². The highest BCUT2D eigenvalue weighted by molar-refractivity contribution is 5.92. The number of H-pyrrole nitrogens is 1. The molecule has 0 unspecified atom stereocenters. The van der Waals surface area contributed by atoms with Gasteiger partial charge in [-0.25, -0.2) is 4.98 Å². The van der Waals surface area contributed by atoms with Gasteiger partial charge in [0.15, 0.2) is 0 Å². The maximum absolute atomic E-state index is 12.2. The molecule has 1 aromatic heterocycles. The number of fused-ring (bicyclic) bond motifs is 2. The largest absolute Gasteiger partial charge is 0.393 e. The third kappa shape index (κ3) is 2.56. The van der Waals surface area contributed by atoms with Gasteiger partial charge < -0.3 is 15.4 Å². The van der Waals surface area contributed by atoms with Gasteiger partial charge in [0.25, 0.3) is 11.5 Å². The Morgan fingerprint density at radius 1 is 1.32 bits per heavy atom. The Morgan fingerprint density at radius 2 is 2.14 bits per heavy atom. The zero-order valence-electron chi connectivity index (χ0n) is 12.4. The monoisotopic (exact) mass is 303 g/mol. The lowest BCUT2D eigenvalue weighted by atomic mass is 9.87. The Morgan fingerprint density at radius 3 is 2.77 bits per heavy atom. The summed E-state index contributed by atoms with van der Waals surface area (Å²) in [6.45, 7) is 0.611. The summed E-state index contributed by atoms with van der Waals surface area (Å²) in [5, 5.41) is 12.7. The number of carbonyl (C=O) groups excluding carboxylic acids is 1. The number of amides is 1. The quantitative estimate of drug-likeness (QED) is 0.766. The van der Waals surface area contributed by atoms with Crippen LogP contribution >= 0.6 is 0 Å². The molecule has 3 fully saturated rings. The Balaban J connectivity index is 1.39. The van der Waals surface area contributed by atoms with E-state index in [1.54, 1.807) is 0 Å². The smallest absolute Gasteiger partial charge is 0.270 e. The van der Waals surface area contributed by atoms with Crippen molar-refractivity contribution in [1.82, 2.24) is 15.3 Å². The van der Waals surface area contributed by atoms with E-state index in [0.29, 0.717) is 36.0 Å². The Labute approximate surface area is 128 Å². The zero-order valence-corrected chi connectivity index (χ0v) is 12.4. The van der Waals surface area contributed by atoms with Gasteiger partial charge in [-0.2, -0.15) is 0 Å². The number of aliphatic hydroxyl groups is 1. The second kappa shape index (κ2) is 5.19. The molecule has 0 spiro atoms. The molecule has 0 saturated heterocycles. The molecule has 4 rings (SSSR count). The van der Waals surface area contributed by atoms with Gasteiger partial charge in [0.2, 0.25) is 0 Å². The normalized spacial score (nSPS) is 33.1. The topological polar surface area (TPSA) is 95.1 Å². The van der Waals surface area contributed by atoms with E-state index in [1.807, 2.05) is 0 Å². The van der Waals surface area contributed by atoms with Crippen molar-refractivity contribution in [3.05, 3.63) is 27.9 Å². The maximum Gasteiger partial charge on any atom is 0.270 e. The molecular formula is C16H21N3O3. The fourth-order valence-electron chi connectivity index (χ4n) is 4.07. The summed E-state index contributed by atoms with van der Waals surface area (Å²) in [5.41, 5.74) is -0.0427. The minimum absolute atomic E-state index is 0.146. The van der Waals surface area contributed by atoms with Gasteiger partial charge in [-0.1, -0.05) is 0 Å². The summed E-state index contributed by atoms with van der Waals surface area (Å²) >= 11 is 0. The summed E-state index contributed by atoms with van der Waals surface area (Å²) in [6.07, 6.45) is 4.84. The molecule has 2 bridgehead atoms. The predicted octanol–water partition coefficient (Wildman–Crippen LogP) is 0.784. The first kappa shape index (κ1) is 13.9. The van der Waals surface area contributed by atoms with Crippen LogP contribution in [0.4, 0.5) is 0 Å². The van der Waals surface area contributed by atoms with Gasteiger partial charge in [0.05, 0.1) is 6.10 Å². The van der Waals surface area contributed by atoms with Crippen molar-refractivity contribution in [2.75, 3.05) is 6.54 Å². The number of aliphatic hydroxyl groups excluding tert-OH is 1. The van der Waals surface area contributed by atoms with Crippen LogP contribution in [-0.2, 0) is 0 Å². The third-order valence-electron chi connectivity index (χ3n) is 5.45. The number of nitrogens with one attached hydrogen (secondary N) is 2. The van der Waals surface area contributed by atoms with Crippen LogP contribution in [-0.4, -0.2) is 33.6 Å². The van der Waals surface area contributed by atoms with Crippen LogP contribution in [0.25, 0.3) is 0 Å². The fraction of sp³-hybridized carbons (Fsp3) is 0.688. The first-order valence-electron chi connectivity index (χ1n) is 8.17. The van der Waals surface area contributed by atoms with Crippen LogP contribution in [0.15, 0.2) is 10.9 Å². The molecule has 1 heterocycles. The highest BCUT2D eigenvalue weighted by Crippen LogP contribution is 2.48. The first-order chi connectivity index (χ1) is 10.6. The van der Waals surface area contributed by atoms with Crippen LogP contribution in [0.2, 0.25) is 0 Å². The molecule has 3 saturated carbocycles. The molecule has 3 aliphatic carbocycles. The number of aromatic amines is 1. The molecule has 0 aromatic carbocycles. The van der Waals surface area contributed by atoms with Crippen molar-refractivity contribution < 1.29 is 9.90 Å². The maximum atomic E-state index is 12.2. The van der Waals surface area contributed by atoms with Crippen LogP contribution in [0.5, 0.6) is 0 Å². The van der Waals surface area contributed by atoms with Gasteiger partial charge in [0, 0.05) is 18.5 Å². The summed E-state index contributed by atoms with van der Waals surface area (Å²) in [4.78, 5) is 30.9. The van der Waals surface area contributed by atoms with E-state index in [2.05, 4.69) is 15.3 Å². The van der Waals surface area contributed by atoms with E-state index >= 15 is 0 Å². The molecule has 3 N–H and O–H groups in total. The van der Waals surface area contributed by atoms with Gasteiger partial charge in [0.1, 0.15) is 11.5 Å². The van der Waals surface area contributed by atoms with E-state index in [1.165, 1.54) is 6.07 Å². The highest BCUT2D eigenvalue weighted by atomic mass is 16.3. The molecule has 4 atom stereocenters. The van der Waals surface area contributed by atoms with Gasteiger partial charge >= 0.3 is 0 Å². The van der Waals surface area contributed by atoms with Crippen molar-refractivity contribution in [3.63, 3.8) is 0 Å². The fourth-order valence-corrected chi connectivity index (χ4v) is 4.07. The number of hydrogen-bond acceptors (Lipinski definition) is 4. The molecule has 118 valence electrons. The number of rotatable bonds is 4. The number of nitrogens with zero attached hydrogens (tertiary/aromatic N) is 1. The SMILES string of the molecule is O=C(NC[C@@H]1C[C@H]2C[C@@H]1C[C@H]2O)c1cc(=O)[nH]c(C2CC2)n1. The van der Waals surface area contributed by atoms with Crippen molar-refractivity contribution in [3.8, 4) is 0 Å². The lowest BCUT2D eigenvalue weighted by Gasteiger charge is -2.24. The number of carbonyl (C=O) groups is 1. The van der Waals surface area contributed by atoms with Crippen molar-refractivity contribution in [1.29, 1.82) is 0 Å². The van der Waals surface area contributed by atoms with Crippen molar-refractivity contribution >= 4 is 5.91 Å². The van der Waals surface area contributed by atoms with Crippen LogP contribution in [0.3, 0.4) is 0 Å². The average molecular weight is 303 g/mol. The second-order valence-electron chi connectivity index (χ2n) is 7.05. The molecule has 6 nitrogen and oxygen atoms in total. The molecule has 0 radical (unpaired) electrons. The van der Waals surface area contributed by atoms with Crippen molar-refractivity contribution in [2.24, 2.45) is 17.8 Å². The van der Waals surface area contributed by atoms with E-state index in [4.69, 9.17) is 0 Å². The first-order valence-corrected chi connectivity index (χ1v) is 8.17. The molecular weight excluding hydrogens is 282 g/mol. The Kier molecular flexibility index (Phi) is 3.29. The Bertz CT molecular complexity index is 650. The van der Waals surface area contributed by atoms with Gasteiger partial charge in [-0.05, 0) is 49.9 Å². The minimum atomic E-state index is -0.267. The van der Waals surface area contributed by atoms with Crippen LogP contribution < -0.4 is 10.9 Å². The molecule has 1 amide bonds. The van der Waals surface area contributed by atoms with Crippen molar-refractivity contribution in [2.45, 2.75) is 44.1 Å². The molecule has 3 aliphatic rings. The molecule has 6 heteroatoms. The average Bonchev–Trinajstić information content (AvgIpc) is 3.19. The molecule has 22 heavy (non-hydrogen) atoms. The van der Waals surface area contributed by atoms with Gasteiger partial charge in [-0.15, -0.1) is 0 Å². The van der Waals surface area contributed by atoms with E-state index in [-0.39, 0.29) is 23.3 Å². The Hall–Kier alpha value is -1.69. The molecule has 1 aromatic rings. The third-order valence-corrected chi connectivity index (χ3v) is 5.45. The van der Waals surface area contributed by atoms with Crippen LogP contribution in [0, 0.1) is 17.8 Å². The summed E-state index contributed by atoms with van der Waals surface area (Å²) in [7, 11) is 0. The summed E-state index contributed by atoms with van der Waals surface area (Å²) in [6, 6.07) is 1.27. The summed E-state index contributed by atoms with van der Waals surface area (Å²) in [5.74, 6) is 2.06. The van der Waals surface area contributed by atoms with E-state index in [9.17, 15) is 14.7 Å². The van der Waals surface area contributed by atoms with E-state index < -0.39 is 0 Å². The lowest BCUT2D eigenvalue weighted by Crippen LogP contribution is -2.34. The lowest BCUT2D eigenvalue weighted by molar-refractivity contribution is 0.0870. The minimum Gasteiger partial charge on any atom is -0.393 e. The standard InChI is InChI=1S/C16H21N3O3/c20-13-5-9-3-10(13)4-11(9)7-17-16(22)12-6-14(21)19-15(18-12)8-1-2-8/h6,8-11,13,20H,1-5,7H2,(H,17,22)(H,18,19,21)/t9-,10-,11+,13-/m1/s1. The zero-order chi connectivity index (χ0) is 15.3. The number of aromatic nitrogens is 2. The van der Waals surface area contributed by atoms with Gasteiger partial charge in [-0.3, -0.25) is 9.59 Å². The number of hydrogen-bond donors (Lipinski definition) is 3. The summed E-state index contributed by atoms with van der Waals surface area (Å²) < 4.78 is 0.